The van der Waals surface area contributed by atoms with Crippen LogP contribution in [0.3, 0.4) is 0 Å². The number of hydrogen-bond acceptors (Lipinski definition) is 4. The van der Waals surface area contributed by atoms with Gasteiger partial charge in [0, 0.05) is 11.5 Å². The van der Waals surface area contributed by atoms with Crippen LogP contribution in [0.2, 0.25) is 0 Å². The Kier molecular flexibility index (Phi) is 7.79. The summed E-state index contributed by atoms with van der Waals surface area (Å²) in [5.41, 5.74) is 1.94. The fourth-order valence-corrected chi connectivity index (χ4v) is 4.64. The van der Waals surface area contributed by atoms with Crippen LogP contribution in [0.15, 0.2) is 34.7 Å². The lowest BCUT2D eigenvalue weighted by Gasteiger charge is -2.15. The van der Waals surface area contributed by atoms with Gasteiger partial charge in [-0.15, -0.1) is 0 Å². The quantitative estimate of drug-likeness (QED) is 0.550. The molecule has 0 aliphatic rings. The molecule has 2 rings (SSSR count). The van der Waals surface area contributed by atoms with Crippen LogP contribution in [0.4, 0.5) is 5.00 Å². The zero-order valence-electron chi connectivity index (χ0n) is 14.7. The molecule has 1 aromatic carbocycles. The van der Waals surface area contributed by atoms with E-state index in [9.17, 15) is 4.79 Å². The van der Waals surface area contributed by atoms with Crippen LogP contribution in [0.25, 0.3) is 11.3 Å². The highest BCUT2D eigenvalue weighted by Gasteiger charge is 2.21. The minimum atomic E-state index is 0.0907. The lowest BCUT2D eigenvalue weighted by molar-refractivity contribution is -0.120. The molecule has 0 radical (unpaired) electrons. The molecule has 24 heavy (non-hydrogen) atoms. The molecule has 0 spiro atoms. The number of anilines is 1. The van der Waals surface area contributed by atoms with E-state index in [4.69, 9.17) is 4.98 Å². The second kappa shape index (κ2) is 9.84. The van der Waals surface area contributed by atoms with Gasteiger partial charge in [-0.3, -0.25) is 4.79 Å². The highest BCUT2D eigenvalue weighted by Crippen LogP contribution is 2.38. The normalized spacial score (nSPS) is 11.0. The van der Waals surface area contributed by atoms with Crippen LogP contribution >= 0.6 is 23.1 Å². The number of nitrogens with one attached hydrogen (secondary N) is 1. The van der Waals surface area contributed by atoms with E-state index >= 15 is 0 Å². The van der Waals surface area contributed by atoms with Gasteiger partial charge in [0.2, 0.25) is 5.91 Å². The largest absolute Gasteiger partial charge is 0.316 e. The van der Waals surface area contributed by atoms with Gasteiger partial charge in [0.15, 0.2) is 4.34 Å². The van der Waals surface area contributed by atoms with Crippen molar-refractivity contribution >= 4 is 34.0 Å². The second-order valence-corrected chi connectivity index (χ2v) is 8.23. The van der Waals surface area contributed by atoms with Crippen LogP contribution in [-0.2, 0) is 4.79 Å². The summed E-state index contributed by atoms with van der Waals surface area (Å²) in [6.45, 7) is 6.38. The molecule has 1 amide bonds. The van der Waals surface area contributed by atoms with Crippen molar-refractivity contribution in [3.63, 3.8) is 0 Å². The first-order valence-electron chi connectivity index (χ1n) is 8.69. The third-order valence-corrected chi connectivity index (χ3v) is 5.80. The van der Waals surface area contributed by atoms with E-state index in [1.807, 2.05) is 30.3 Å². The fourth-order valence-electron chi connectivity index (χ4n) is 2.68. The molecule has 2 aromatic rings. The molecule has 3 nitrogen and oxygen atoms in total. The number of rotatable bonds is 9. The maximum Gasteiger partial charge on any atom is 0.228 e. The summed E-state index contributed by atoms with van der Waals surface area (Å²) in [7, 11) is 0. The van der Waals surface area contributed by atoms with Crippen LogP contribution in [0, 0.1) is 5.92 Å². The zero-order chi connectivity index (χ0) is 17.4. The van der Waals surface area contributed by atoms with Crippen molar-refractivity contribution in [1.82, 2.24) is 4.98 Å². The molecule has 0 aliphatic carbocycles. The van der Waals surface area contributed by atoms with Crippen molar-refractivity contribution < 1.29 is 4.79 Å². The lowest BCUT2D eigenvalue weighted by Crippen LogP contribution is -2.22. The summed E-state index contributed by atoms with van der Waals surface area (Å²) in [5, 5.41) is 4.04. The number of thiazole rings is 1. The zero-order valence-corrected chi connectivity index (χ0v) is 16.3. The third kappa shape index (κ3) is 5.08. The minimum absolute atomic E-state index is 0.0907. The molecular weight excluding hydrogens is 336 g/mol. The number of thioether (sulfide) groups is 1. The van der Waals surface area contributed by atoms with Crippen molar-refractivity contribution in [1.29, 1.82) is 0 Å². The summed E-state index contributed by atoms with van der Waals surface area (Å²) in [6, 6.07) is 10.1. The number of carbonyl (C=O) groups is 1. The van der Waals surface area contributed by atoms with Crippen molar-refractivity contribution in [2.24, 2.45) is 5.92 Å². The number of aromatic nitrogens is 1. The van der Waals surface area contributed by atoms with Crippen molar-refractivity contribution in [3.8, 4) is 11.3 Å². The molecular formula is C19H26N2OS2. The number of carbonyl (C=O) groups excluding carboxylic acids is 1. The summed E-state index contributed by atoms with van der Waals surface area (Å²) in [6.07, 6.45) is 3.94. The summed E-state index contributed by atoms with van der Waals surface area (Å²) < 4.78 is 1.01. The average molecular weight is 363 g/mol. The van der Waals surface area contributed by atoms with Gasteiger partial charge >= 0.3 is 0 Å². The van der Waals surface area contributed by atoms with E-state index < -0.39 is 0 Å². The van der Waals surface area contributed by atoms with Gasteiger partial charge in [0.25, 0.3) is 0 Å². The van der Waals surface area contributed by atoms with E-state index in [0.29, 0.717) is 0 Å². The molecule has 1 N–H and O–H groups in total. The van der Waals surface area contributed by atoms with Gasteiger partial charge in [-0.2, -0.15) is 0 Å². The molecule has 0 saturated carbocycles. The van der Waals surface area contributed by atoms with Gasteiger partial charge in [0.05, 0.1) is 0 Å². The maximum absolute atomic E-state index is 12.7. The monoisotopic (exact) mass is 362 g/mol. The Morgan fingerprint density at radius 1 is 1.17 bits per heavy atom. The van der Waals surface area contributed by atoms with E-state index in [2.05, 4.69) is 26.1 Å². The van der Waals surface area contributed by atoms with E-state index in [0.717, 1.165) is 52.0 Å². The van der Waals surface area contributed by atoms with Crippen LogP contribution in [0.1, 0.15) is 46.5 Å². The van der Waals surface area contributed by atoms with Crippen molar-refractivity contribution in [3.05, 3.63) is 30.3 Å². The minimum Gasteiger partial charge on any atom is -0.316 e. The van der Waals surface area contributed by atoms with E-state index in [1.54, 1.807) is 23.1 Å². The van der Waals surface area contributed by atoms with E-state index in [-0.39, 0.29) is 11.8 Å². The Labute approximate surface area is 153 Å². The Bertz CT molecular complexity index is 634. The van der Waals surface area contributed by atoms with Gasteiger partial charge < -0.3 is 5.32 Å². The van der Waals surface area contributed by atoms with Gasteiger partial charge in [-0.25, -0.2) is 4.98 Å². The van der Waals surface area contributed by atoms with Crippen LogP contribution in [0.5, 0.6) is 0 Å². The number of hydrogen-bond donors (Lipinski definition) is 1. The highest BCUT2D eigenvalue weighted by molar-refractivity contribution is 8.01. The number of nitrogens with zero attached hydrogens (tertiary/aromatic N) is 1. The highest BCUT2D eigenvalue weighted by atomic mass is 32.2. The van der Waals surface area contributed by atoms with Gasteiger partial charge in [-0.1, -0.05) is 87.0 Å². The van der Waals surface area contributed by atoms with Crippen molar-refractivity contribution in [2.75, 3.05) is 11.1 Å². The summed E-state index contributed by atoms with van der Waals surface area (Å²) in [5.74, 6) is 1.20. The SMILES string of the molecule is CCCC(CCC)C(=O)Nc1sc(SCC)nc1-c1ccccc1. The molecule has 0 bridgehead atoms. The molecule has 130 valence electrons. The Morgan fingerprint density at radius 3 is 2.42 bits per heavy atom. The Balaban J connectivity index is 2.26. The molecule has 1 aromatic heterocycles. The molecule has 1 heterocycles. The predicted octanol–water partition coefficient (Wildman–Crippen LogP) is 6.08. The van der Waals surface area contributed by atoms with Crippen molar-refractivity contribution in [2.45, 2.75) is 50.8 Å². The molecule has 0 aliphatic heterocycles. The first-order valence-corrected chi connectivity index (χ1v) is 10.5. The Hall–Kier alpha value is -1.33. The maximum atomic E-state index is 12.7. The van der Waals surface area contributed by atoms with Gasteiger partial charge in [0.1, 0.15) is 10.7 Å². The summed E-state index contributed by atoms with van der Waals surface area (Å²) >= 11 is 3.30. The topological polar surface area (TPSA) is 42.0 Å². The fraction of sp³-hybridized carbons (Fsp3) is 0.474. The molecule has 0 atom stereocenters. The molecule has 5 heteroatoms. The lowest BCUT2D eigenvalue weighted by atomic mass is 9.97. The van der Waals surface area contributed by atoms with E-state index in [1.165, 1.54) is 0 Å². The molecule has 0 saturated heterocycles. The standard InChI is InChI=1S/C19H26N2OS2/c1-4-10-15(11-5-2)17(22)21-18-16(14-12-8-7-9-13-14)20-19(24-18)23-6-3/h7-9,12-13,15H,4-6,10-11H2,1-3H3,(H,21,22). The third-order valence-electron chi connectivity index (χ3n) is 3.80. The summed E-state index contributed by atoms with van der Waals surface area (Å²) in [4.78, 5) is 17.4. The van der Waals surface area contributed by atoms with Crippen LogP contribution in [-0.4, -0.2) is 16.6 Å². The first-order chi connectivity index (χ1) is 11.7. The molecule has 0 unspecified atom stereocenters. The Morgan fingerprint density at radius 2 is 1.83 bits per heavy atom. The number of amides is 1. The average Bonchev–Trinajstić information content (AvgIpc) is 2.98. The predicted molar refractivity (Wildman–Crippen MR) is 106 cm³/mol. The molecule has 0 fully saturated rings. The van der Waals surface area contributed by atoms with Crippen LogP contribution < -0.4 is 5.32 Å². The van der Waals surface area contributed by atoms with Gasteiger partial charge in [-0.05, 0) is 18.6 Å². The first kappa shape index (κ1) is 19.0. The smallest absolute Gasteiger partial charge is 0.228 e. The number of benzene rings is 1. The second-order valence-electron chi connectivity index (χ2n) is 5.72.